The maximum absolute atomic E-state index is 13.2. The van der Waals surface area contributed by atoms with Crippen molar-refractivity contribution in [3.8, 4) is 5.69 Å². The Morgan fingerprint density at radius 3 is 2.59 bits per heavy atom. The minimum absolute atomic E-state index is 0.0733. The van der Waals surface area contributed by atoms with Crippen LogP contribution in [0.15, 0.2) is 48.7 Å². The SMILES string of the molecule is Cc1ccc(-n2ncc(C(=O)NCc3cccc(CN4CCN(C)CC4)c3)c2C2CC2)cc1Cl. The van der Waals surface area contributed by atoms with E-state index in [0.717, 1.165) is 68.1 Å². The van der Waals surface area contributed by atoms with Crippen LogP contribution in [-0.2, 0) is 13.1 Å². The van der Waals surface area contributed by atoms with Gasteiger partial charge < -0.3 is 10.2 Å². The van der Waals surface area contributed by atoms with E-state index in [1.807, 2.05) is 29.8 Å². The van der Waals surface area contributed by atoms with Gasteiger partial charge in [0.1, 0.15) is 0 Å². The smallest absolute Gasteiger partial charge is 0.255 e. The first-order valence-electron chi connectivity index (χ1n) is 12.1. The van der Waals surface area contributed by atoms with E-state index < -0.39 is 0 Å². The predicted molar refractivity (Wildman–Crippen MR) is 136 cm³/mol. The van der Waals surface area contributed by atoms with Gasteiger partial charge in [0.2, 0.25) is 0 Å². The van der Waals surface area contributed by atoms with Gasteiger partial charge in [0.15, 0.2) is 0 Å². The third kappa shape index (κ3) is 5.19. The first-order chi connectivity index (χ1) is 16.5. The number of piperazine rings is 1. The Morgan fingerprint density at radius 1 is 1.09 bits per heavy atom. The Hall–Kier alpha value is -2.67. The second-order valence-electron chi connectivity index (χ2n) is 9.65. The van der Waals surface area contributed by atoms with Gasteiger partial charge in [-0.2, -0.15) is 5.10 Å². The molecule has 1 N–H and O–H groups in total. The molecule has 1 aliphatic heterocycles. The number of hydrogen-bond donors (Lipinski definition) is 1. The average Bonchev–Trinajstić information content (AvgIpc) is 3.58. The summed E-state index contributed by atoms with van der Waals surface area (Å²) in [6.07, 6.45) is 3.86. The van der Waals surface area contributed by atoms with Gasteiger partial charge in [-0.05, 0) is 55.6 Å². The lowest BCUT2D eigenvalue weighted by Crippen LogP contribution is -2.43. The van der Waals surface area contributed by atoms with E-state index in [1.165, 1.54) is 5.56 Å². The van der Waals surface area contributed by atoms with Gasteiger partial charge in [-0.15, -0.1) is 0 Å². The Bertz CT molecular complexity index is 1180. The van der Waals surface area contributed by atoms with Crippen molar-refractivity contribution in [1.29, 1.82) is 0 Å². The fraction of sp³-hybridized carbons (Fsp3) is 0.407. The molecule has 5 rings (SSSR count). The zero-order chi connectivity index (χ0) is 23.7. The number of nitrogens with zero attached hydrogens (tertiary/aromatic N) is 4. The zero-order valence-electron chi connectivity index (χ0n) is 19.9. The van der Waals surface area contributed by atoms with Crippen LogP contribution >= 0.6 is 11.6 Å². The number of amides is 1. The number of carbonyl (C=O) groups is 1. The van der Waals surface area contributed by atoms with Crippen LogP contribution in [0, 0.1) is 6.92 Å². The van der Waals surface area contributed by atoms with Gasteiger partial charge in [0.25, 0.3) is 5.91 Å². The van der Waals surface area contributed by atoms with Crippen molar-refractivity contribution >= 4 is 17.5 Å². The van der Waals surface area contributed by atoms with Crippen LogP contribution in [0.3, 0.4) is 0 Å². The Balaban J connectivity index is 1.27. The number of aryl methyl sites for hydroxylation is 1. The molecule has 1 saturated carbocycles. The van der Waals surface area contributed by atoms with Gasteiger partial charge in [-0.1, -0.05) is 41.9 Å². The van der Waals surface area contributed by atoms with E-state index in [1.54, 1.807) is 6.20 Å². The van der Waals surface area contributed by atoms with E-state index >= 15 is 0 Å². The van der Waals surface area contributed by atoms with Crippen LogP contribution in [0.5, 0.6) is 0 Å². The minimum atomic E-state index is -0.0733. The van der Waals surface area contributed by atoms with E-state index in [0.29, 0.717) is 23.0 Å². The first kappa shape index (κ1) is 23.1. The van der Waals surface area contributed by atoms with Crippen molar-refractivity contribution in [1.82, 2.24) is 24.9 Å². The summed E-state index contributed by atoms with van der Waals surface area (Å²) in [4.78, 5) is 18.0. The van der Waals surface area contributed by atoms with Crippen molar-refractivity contribution < 1.29 is 4.79 Å². The predicted octanol–water partition coefficient (Wildman–Crippen LogP) is 4.39. The summed E-state index contributed by atoms with van der Waals surface area (Å²) in [5.74, 6) is 0.297. The molecule has 1 aliphatic carbocycles. The van der Waals surface area contributed by atoms with Crippen molar-refractivity contribution in [2.75, 3.05) is 33.2 Å². The maximum atomic E-state index is 13.2. The number of rotatable bonds is 7. The molecule has 34 heavy (non-hydrogen) atoms. The lowest BCUT2D eigenvalue weighted by Gasteiger charge is -2.32. The van der Waals surface area contributed by atoms with Crippen molar-refractivity contribution in [2.24, 2.45) is 0 Å². The number of halogens is 1. The Labute approximate surface area is 206 Å². The summed E-state index contributed by atoms with van der Waals surface area (Å²) in [5.41, 5.74) is 5.98. The molecule has 0 spiro atoms. The molecular formula is C27H32ClN5O. The lowest BCUT2D eigenvalue weighted by molar-refractivity contribution is 0.0950. The topological polar surface area (TPSA) is 53.4 Å². The maximum Gasteiger partial charge on any atom is 0.255 e. The molecule has 0 atom stereocenters. The van der Waals surface area contributed by atoms with Crippen molar-refractivity contribution in [2.45, 2.75) is 38.8 Å². The van der Waals surface area contributed by atoms with Crippen LogP contribution < -0.4 is 5.32 Å². The van der Waals surface area contributed by atoms with Gasteiger partial charge >= 0.3 is 0 Å². The highest BCUT2D eigenvalue weighted by molar-refractivity contribution is 6.31. The Morgan fingerprint density at radius 2 is 1.85 bits per heavy atom. The first-order valence-corrected chi connectivity index (χ1v) is 12.5. The van der Waals surface area contributed by atoms with Crippen LogP contribution in [0.4, 0.5) is 0 Å². The number of carbonyl (C=O) groups excluding carboxylic acids is 1. The summed E-state index contributed by atoms with van der Waals surface area (Å²) >= 11 is 6.35. The molecule has 1 amide bonds. The van der Waals surface area contributed by atoms with E-state index in [9.17, 15) is 4.79 Å². The highest BCUT2D eigenvalue weighted by Gasteiger charge is 2.33. The molecule has 6 nitrogen and oxygen atoms in total. The van der Waals surface area contributed by atoms with Gasteiger partial charge in [0, 0.05) is 50.2 Å². The van der Waals surface area contributed by atoms with Crippen LogP contribution in [-0.4, -0.2) is 58.7 Å². The van der Waals surface area contributed by atoms with E-state index in [-0.39, 0.29) is 5.91 Å². The highest BCUT2D eigenvalue weighted by atomic mass is 35.5. The summed E-state index contributed by atoms with van der Waals surface area (Å²) < 4.78 is 1.88. The molecule has 2 aliphatic rings. The van der Waals surface area contributed by atoms with E-state index in [2.05, 4.69) is 51.5 Å². The second-order valence-corrected chi connectivity index (χ2v) is 10.1. The standard InChI is InChI=1S/C27H32ClN5O/c1-19-6-9-23(15-25(19)28)33-26(22-7-8-22)24(17-30-33)27(34)29-16-20-4-3-5-21(14-20)18-32-12-10-31(2)11-13-32/h3-6,9,14-15,17,22H,7-8,10-13,16,18H2,1-2H3,(H,29,34). The highest BCUT2D eigenvalue weighted by Crippen LogP contribution is 2.42. The molecule has 3 aromatic rings. The average molecular weight is 478 g/mol. The summed E-state index contributed by atoms with van der Waals surface area (Å²) in [6.45, 7) is 7.85. The van der Waals surface area contributed by atoms with Crippen LogP contribution in [0.2, 0.25) is 5.02 Å². The fourth-order valence-electron chi connectivity index (χ4n) is 4.58. The summed E-state index contributed by atoms with van der Waals surface area (Å²) in [6, 6.07) is 14.5. The Kier molecular flexibility index (Phi) is 6.73. The molecule has 178 valence electrons. The third-order valence-corrected chi connectivity index (χ3v) is 7.27. The molecule has 2 fully saturated rings. The van der Waals surface area contributed by atoms with E-state index in [4.69, 9.17) is 11.6 Å². The second kappa shape index (κ2) is 9.90. The van der Waals surface area contributed by atoms with Gasteiger partial charge in [0.05, 0.1) is 23.1 Å². The largest absolute Gasteiger partial charge is 0.348 e. The normalized spacial score (nSPS) is 17.1. The zero-order valence-corrected chi connectivity index (χ0v) is 20.7. The molecule has 0 radical (unpaired) electrons. The molecule has 0 bridgehead atoms. The van der Waals surface area contributed by atoms with Crippen molar-refractivity contribution in [3.05, 3.63) is 81.6 Å². The number of likely N-dealkylation sites (N-methyl/N-ethyl adjacent to an activating group) is 1. The van der Waals surface area contributed by atoms with Crippen LogP contribution in [0.1, 0.15) is 51.5 Å². The quantitative estimate of drug-likeness (QED) is 0.548. The fourth-order valence-corrected chi connectivity index (χ4v) is 4.76. The number of aromatic nitrogens is 2. The molecule has 0 unspecified atom stereocenters. The van der Waals surface area contributed by atoms with Crippen LogP contribution in [0.25, 0.3) is 5.69 Å². The summed E-state index contributed by atoms with van der Waals surface area (Å²) in [7, 11) is 2.18. The number of nitrogens with one attached hydrogen (secondary N) is 1. The lowest BCUT2D eigenvalue weighted by atomic mass is 10.1. The number of benzene rings is 2. The van der Waals surface area contributed by atoms with Gasteiger partial charge in [-0.3, -0.25) is 9.69 Å². The molecule has 2 aromatic carbocycles. The number of hydrogen-bond acceptors (Lipinski definition) is 4. The molecular weight excluding hydrogens is 446 g/mol. The molecule has 1 aromatic heterocycles. The molecule has 1 saturated heterocycles. The molecule has 2 heterocycles. The monoisotopic (exact) mass is 477 g/mol. The minimum Gasteiger partial charge on any atom is -0.348 e. The summed E-state index contributed by atoms with van der Waals surface area (Å²) in [5, 5.41) is 8.39. The molecule has 7 heteroatoms. The third-order valence-electron chi connectivity index (χ3n) is 6.86. The van der Waals surface area contributed by atoms with Gasteiger partial charge in [-0.25, -0.2) is 4.68 Å². The van der Waals surface area contributed by atoms with Crippen molar-refractivity contribution in [3.63, 3.8) is 0 Å².